The number of amides is 1. The van der Waals surface area contributed by atoms with Gasteiger partial charge in [0, 0.05) is 36.8 Å². The third-order valence-corrected chi connectivity index (χ3v) is 6.78. The van der Waals surface area contributed by atoms with Crippen LogP contribution in [0.1, 0.15) is 16.8 Å². The summed E-state index contributed by atoms with van der Waals surface area (Å²) < 4.78 is 53.6. The van der Waals surface area contributed by atoms with Crippen molar-refractivity contribution in [1.82, 2.24) is 20.0 Å². The van der Waals surface area contributed by atoms with Crippen molar-refractivity contribution in [2.45, 2.75) is 12.6 Å². The van der Waals surface area contributed by atoms with Gasteiger partial charge in [0.05, 0.1) is 46.9 Å². The molecule has 0 saturated carbocycles. The number of carboxylic acid groups (broad SMARTS) is 1. The van der Waals surface area contributed by atoms with Crippen molar-refractivity contribution in [1.29, 1.82) is 0 Å². The van der Waals surface area contributed by atoms with Crippen LogP contribution in [-0.2, 0) is 9.53 Å². The number of fused-ring (bicyclic) bond motifs is 1. The molecule has 1 aliphatic heterocycles. The number of nitrogens with zero attached hydrogens (tertiary/aromatic N) is 3. The van der Waals surface area contributed by atoms with E-state index in [1.54, 1.807) is 16.9 Å². The Morgan fingerprint density at radius 3 is 2.44 bits per heavy atom. The van der Waals surface area contributed by atoms with Crippen LogP contribution in [0.2, 0.25) is 5.02 Å². The van der Waals surface area contributed by atoms with E-state index in [0.717, 1.165) is 61.5 Å². The summed E-state index contributed by atoms with van der Waals surface area (Å²) in [7, 11) is 0. The Bertz CT molecular complexity index is 1570. The maximum Gasteiger partial charge on any atom is 0.490 e. The topological polar surface area (TPSA) is 109 Å². The Hall–Kier alpha value is -4.20. The molecule has 1 amide bonds. The molecule has 0 bridgehead atoms. The number of para-hydroxylation sites is 1. The van der Waals surface area contributed by atoms with Gasteiger partial charge in [0.1, 0.15) is 5.82 Å². The normalized spacial score (nSPS) is 13.7. The zero-order valence-electron chi connectivity index (χ0n) is 22.7. The van der Waals surface area contributed by atoms with Crippen molar-refractivity contribution in [3.8, 4) is 5.69 Å². The van der Waals surface area contributed by atoms with Crippen LogP contribution in [0, 0.1) is 5.82 Å². The van der Waals surface area contributed by atoms with Gasteiger partial charge in [-0.3, -0.25) is 9.69 Å². The second-order valence-corrected chi connectivity index (χ2v) is 9.87. The summed E-state index contributed by atoms with van der Waals surface area (Å²) in [4.78, 5) is 23.7. The summed E-state index contributed by atoms with van der Waals surface area (Å²) in [5.74, 6) is -3.76. The number of carbonyl (C=O) groups is 2. The molecule has 14 heteroatoms. The number of benzene rings is 3. The minimum absolute atomic E-state index is 0.0211. The molecule has 228 valence electrons. The first-order valence-corrected chi connectivity index (χ1v) is 13.6. The maximum absolute atomic E-state index is 14.9. The van der Waals surface area contributed by atoms with Gasteiger partial charge in [0.15, 0.2) is 0 Å². The largest absolute Gasteiger partial charge is 0.490 e. The van der Waals surface area contributed by atoms with E-state index in [2.05, 4.69) is 20.6 Å². The number of halogens is 5. The van der Waals surface area contributed by atoms with Crippen molar-refractivity contribution >= 4 is 45.8 Å². The molecule has 0 spiro atoms. The Balaban J connectivity index is 0.000000541. The molecule has 3 N–H and O–H groups in total. The van der Waals surface area contributed by atoms with Gasteiger partial charge in [0.25, 0.3) is 5.91 Å². The standard InChI is InChI=1S/C27H27ClFN5O2.C2HF3O2/c28-23-4-1-2-5-25(23)32-20-6-9-26-19(16-20)18-31-34(26)21-7-8-22(24(29)17-21)27(35)30-10-3-11-33-12-14-36-15-13-33;3-2(4,5)1(6)7/h1-2,4-9,16-18,32H,3,10-15H2,(H,30,35);(H,6,7). The summed E-state index contributed by atoms with van der Waals surface area (Å²) in [5.41, 5.74) is 3.05. The first-order chi connectivity index (χ1) is 20.5. The van der Waals surface area contributed by atoms with Crippen LogP contribution in [-0.4, -0.2) is 77.2 Å². The number of rotatable bonds is 8. The third kappa shape index (κ3) is 8.66. The summed E-state index contributed by atoms with van der Waals surface area (Å²) in [5, 5.41) is 19.2. The van der Waals surface area contributed by atoms with Crippen molar-refractivity contribution in [3.05, 3.63) is 83.3 Å². The molecule has 0 unspecified atom stereocenters. The summed E-state index contributed by atoms with van der Waals surface area (Å²) >= 11 is 6.24. The molecule has 3 aromatic carbocycles. The molecular weight excluding hydrogens is 594 g/mol. The number of morpholine rings is 1. The Kier molecular flexibility index (Phi) is 10.6. The lowest BCUT2D eigenvalue weighted by Gasteiger charge is -2.26. The lowest BCUT2D eigenvalue weighted by Crippen LogP contribution is -2.38. The SMILES string of the molecule is O=C(NCCCN1CCOCC1)c1ccc(-n2ncc3cc(Nc4ccccc4Cl)ccc32)cc1F.O=C(O)C(F)(F)F. The monoisotopic (exact) mass is 621 g/mol. The Morgan fingerprint density at radius 2 is 1.77 bits per heavy atom. The van der Waals surface area contributed by atoms with Gasteiger partial charge in [-0.2, -0.15) is 18.3 Å². The van der Waals surface area contributed by atoms with E-state index in [4.69, 9.17) is 26.2 Å². The predicted molar refractivity (Wildman–Crippen MR) is 154 cm³/mol. The summed E-state index contributed by atoms with van der Waals surface area (Å²) in [6, 6.07) is 17.8. The van der Waals surface area contributed by atoms with E-state index in [-0.39, 0.29) is 5.56 Å². The molecule has 2 heterocycles. The minimum Gasteiger partial charge on any atom is -0.475 e. The lowest BCUT2D eigenvalue weighted by atomic mass is 10.1. The number of nitrogens with one attached hydrogen (secondary N) is 2. The van der Waals surface area contributed by atoms with E-state index in [1.165, 1.54) is 12.1 Å². The van der Waals surface area contributed by atoms with Gasteiger partial charge in [-0.15, -0.1) is 0 Å². The quantitative estimate of drug-likeness (QED) is 0.172. The average Bonchev–Trinajstić information content (AvgIpc) is 3.40. The Morgan fingerprint density at radius 1 is 1.05 bits per heavy atom. The van der Waals surface area contributed by atoms with E-state index >= 15 is 0 Å². The zero-order chi connectivity index (χ0) is 31.0. The second kappa shape index (κ2) is 14.3. The number of alkyl halides is 3. The first kappa shape index (κ1) is 31.7. The number of aromatic nitrogens is 2. The van der Waals surface area contributed by atoms with Crippen LogP contribution in [0.25, 0.3) is 16.6 Å². The van der Waals surface area contributed by atoms with Crippen molar-refractivity contribution < 1.29 is 37.0 Å². The molecule has 1 fully saturated rings. The molecule has 0 radical (unpaired) electrons. The molecule has 0 atom stereocenters. The maximum atomic E-state index is 14.9. The van der Waals surface area contributed by atoms with Crippen molar-refractivity contribution in [3.63, 3.8) is 0 Å². The highest BCUT2D eigenvalue weighted by atomic mass is 35.5. The molecule has 43 heavy (non-hydrogen) atoms. The molecule has 0 aliphatic carbocycles. The summed E-state index contributed by atoms with van der Waals surface area (Å²) in [6.45, 7) is 4.68. The average molecular weight is 622 g/mol. The van der Waals surface area contributed by atoms with Crippen LogP contribution >= 0.6 is 11.6 Å². The number of hydrogen-bond donors (Lipinski definition) is 3. The van der Waals surface area contributed by atoms with E-state index < -0.39 is 23.9 Å². The highest BCUT2D eigenvalue weighted by Gasteiger charge is 2.38. The minimum atomic E-state index is -5.08. The molecule has 4 aromatic rings. The van der Waals surface area contributed by atoms with Crippen LogP contribution in [0.4, 0.5) is 28.9 Å². The third-order valence-electron chi connectivity index (χ3n) is 6.45. The molecule has 5 rings (SSSR count). The summed E-state index contributed by atoms with van der Waals surface area (Å²) in [6.07, 6.45) is -2.56. The fourth-order valence-corrected chi connectivity index (χ4v) is 4.46. The smallest absolute Gasteiger partial charge is 0.475 e. The fraction of sp³-hybridized carbons (Fsp3) is 0.276. The van der Waals surface area contributed by atoms with E-state index in [9.17, 15) is 22.4 Å². The number of carbonyl (C=O) groups excluding carboxylic acids is 1. The van der Waals surface area contributed by atoms with Crippen LogP contribution in [0.5, 0.6) is 0 Å². The van der Waals surface area contributed by atoms with Gasteiger partial charge < -0.3 is 20.5 Å². The van der Waals surface area contributed by atoms with Crippen LogP contribution in [0.15, 0.2) is 66.9 Å². The molecule has 1 saturated heterocycles. The van der Waals surface area contributed by atoms with Gasteiger partial charge in [-0.05, 0) is 55.4 Å². The van der Waals surface area contributed by atoms with Gasteiger partial charge >= 0.3 is 12.1 Å². The molecular formula is C29H28ClF4N5O4. The van der Waals surface area contributed by atoms with Crippen molar-refractivity contribution in [2.75, 3.05) is 44.7 Å². The molecule has 1 aromatic heterocycles. The van der Waals surface area contributed by atoms with Crippen LogP contribution in [0.3, 0.4) is 0 Å². The second-order valence-electron chi connectivity index (χ2n) is 9.47. The fourth-order valence-electron chi connectivity index (χ4n) is 4.28. The molecule has 9 nitrogen and oxygen atoms in total. The van der Waals surface area contributed by atoms with E-state index in [0.29, 0.717) is 17.3 Å². The highest BCUT2D eigenvalue weighted by molar-refractivity contribution is 6.33. The number of carboxylic acids is 1. The van der Waals surface area contributed by atoms with Gasteiger partial charge in [-0.25, -0.2) is 13.9 Å². The van der Waals surface area contributed by atoms with Crippen LogP contribution < -0.4 is 10.6 Å². The lowest BCUT2D eigenvalue weighted by molar-refractivity contribution is -0.192. The predicted octanol–water partition coefficient (Wildman–Crippen LogP) is 5.65. The Labute approximate surface area is 249 Å². The highest BCUT2D eigenvalue weighted by Crippen LogP contribution is 2.28. The number of anilines is 2. The van der Waals surface area contributed by atoms with Gasteiger partial charge in [0.2, 0.25) is 0 Å². The van der Waals surface area contributed by atoms with Crippen molar-refractivity contribution in [2.24, 2.45) is 0 Å². The number of ether oxygens (including phenoxy) is 1. The first-order valence-electron chi connectivity index (χ1n) is 13.2. The zero-order valence-corrected chi connectivity index (χ0v) is 23.5. The number of aliphatic carboxylic acids is 1. The van der Waals surface area contributed by atoms with Gasteiger partial charge in [-0.1, -0.05) is 23.7 Å². The number of hydrogen-bond acceptors (Lipinski definition) is 6. The molecule has 1 aliphatic rings. The van der Waals surface area contributed by atoms with E-state index in [1.807, 2.05) is 42.5 Å².